The molecule has 0 aromatic rings. The van der Waals surface area contributed by atoms with E-state index in [1.807, 2.05) is 0 Å². The van der Waals surface area contributed by atoms with Crippen molar-refractivity contribution in [3.05, 3.63) is 72.9 Å². The highest BCUT2D eigenvalue weighted by Crippen LogP contribution is 2.26. The monoisotopic (exact) mass is 826 g/mol. The van der Waals surface area contributed by atoms with Crippen molar-refractivity contribution in [1.29, 1.82) is 0 Å². The van der Waals surface area contributed by atoms with Gasteiger partial charge in [0.15, 0.2) is 6.29 Å². The molecule has 6 unspecified atom stereocenters. The van der Waals surface area contributed by atoms with Crippen LogP contribution in [0.5, 0.6) is 0 Å². The van der Waals surface area contributed by atoms with Crippen LogP contribution in [0.25, 0.3) is 0 Å². The number of carbonyl (C=O) groups excluding carboxylic acids is 1. The number of aliphatic hydroxyl groups is 3. The summed E-state index contributed by atoms with van der Waals surface area (Å²) in [6, 6.07) is 0. The quantitative estimate of drug-likeness (QED) is 0.0208. The SMILES string of the molecule is CC/C=C\C/C=C\C/C=C\C/C=C\CCCCC(=O)OC(COCCCCCCCC/C=C\C/C=C\CCCC)COC1OC(CO)C(O)C(OS(=O)(=O)O)C1O. The molecule has 0 saturated carbocycles. The fraction of sp³-hybridized carbons (Fsp3) is 0.705. The molecule has 328 valence electrons. The highest BCUT2D eigenvalue weighted by Gasteiger charge is 2.48. The van der Waals surface area contributed by atoms with E-state index in [4.69, 9.17) is 23.5 Å². The van der Waals surface area contributed by atoms with Crippen molar-refractivity contribution in [1.82, 2.24) is 0 Å². The molecule has 0 radical (unpaired) electrons. The van der Waals surface area contributed by atoms with Crippen LogP contribution in [0.4, 0.5) is 0 Å². The fourth-order valence-corrected chi connectivity index (χ4v) is 6.36. The lowest BCUT2D eigenvalue weighted by atomic mass is 9.99. The first-order valence-electron chi connectivity index (χ1n) is 21.2. The Morgan fingerprint density at radius 1 is 0.684 bits per heavy atom. The molecule has 1 heterocycles. The first-order chi connectivity index (χ1) is 27.6. The predicted octanol–water partition coefficient (Wildman–Crippen LogP) is 8.35. The van der Waals surface area contributed by atoms with Gasteiger partial charge in [-0.3, -0.25) is 9.35 Å². The molecule has 1 saturated heterocycles. The van der Waals surface area contributed by atoms with Crippen LogP contribution in [0.15, 0.2) is 72.9 Å². The maximum Gasteiger partial charge on any atom is 0.397 e. The van der Waals surface area contributed by atoms with Crippen LogP contribution in [-0.2, 0) is 38.3 Å². The van der Waals surface area contributed by atoms with Crippen LogP contribution in [-0.4, -0.2) is 97.5 Å². The van der Waals surface area contributed by atoms with Crippen molar-refractivity contribution in [2.24, 2.45) is 0 Å². The fourth-order valence-electron chi connectivity index (χ4n) is 5.85. The number of allylic oxidation sites excluding steroid dienone is 12. The van der Waals surface area contributed by atoms with Gasteiger partial charge in [-0.1, -0.05) is 125 Å². The largest absolute Gasteiger partial charge is 0.457 e. The first kappa shape index (κ1) is 52.6. The van der Waals surface area contributed by atoms with E-state index in [1.54, 1.807) is 0 Å². The highest BCUT2D eigenvalue weighted by molar-refractivity contribution is 7.80. The summed E-state index contributed by atoms with van der Waals surface area (Å²) in [4.78, 5) is 12.8. The molecule has 12 nitrogen and oxygen atoms in total. The molecule has 1 aliphatic rings. The zero-order valence-electron chi connectivity index (χ0n) is 34.6. The van der Waals surface area contributed by atoms with E-state index in [1.165, 1.54) is 25.7 Å². The Bertz CT molecular complexity index is 1280. The molecule has 4 N–H and O–H groups in total. The number of aliphatic hydroxyl groups excluding tert-OH is 3. The van der Waals surface area contributed by atoms with E-state index in [9.17, 15) is 28.5 Å². The molecule has 0 bridgehead atoms. The molecular weight excluding hydrogens is 753 g/mol. The molecule has 0 spiro atoms. The van der Waals surface area contributed by atoms with Crippen molar-refractivity contribution < 1.29 is 56.2 Å². The van der Waals surface area contributed by atoms with Crippen molar-refractivity contribution >= 4 is 16.4 Å². The number of rotatable bonds is 35. The average molecular weight is 827 g/mol. The third-order valence-electron chi connectivity index (χ3n) is 9.06. The molecule has 57 heavy (non-hydrogen) atoms. The summed E-state index contributed by atoms with van der Waals surface area (Å²) in [5.41, 5.74) is 0. The van der Waals surface area contributed by atoms with Gasteiger partial charge in [-0.25, -0.2) is 4.18 Å². The van der Waals surface area contributed by atoms with Crippen molar-refractivity contribution in [3.63, 3.8) is 0 Å². The van der Waals surface area contributed by atoms with Crippen LogP contribution in [0.2, 0.25) is 0 Å². The Kier molecular flexibility index (Phi) is 32.7. The number of ether oxygens (including phenoxy) is 4. The van der Waals surface area contributed by atoms with Gasteiger partial charge < -0.3 is 34.3 Å². The molecule has 6 atom stereocenters. The molecule has 1 fully saturated rings. The van der Waals surface area contributed by atoms with Gasteiger partial charge in [-0.2, -0.15) is 8.42 Å². The Morgan fingerprint density at radius 3 is 1.77 bits per heavy atom. The predicted molar refractivity (Wildman–Crippen MR) is 225 cm³/mol. The van der Waals surface area contributed by atoms with E-state index in [-0.39, 0.29) is 19.6 Å². The summed E-state index contributed by atoms with van der Waals surface area (Å²) in [5.74, 6) is -0.447. The zero-order chi connectivity index (χ0) is 41.8. The molecule has 0 amide bonds. The van der Waals surface area contributed by atoms with Crippen molar-refractivity contribution in [2.45, 2.75) is 173 Å². The normalized spacial score (nSPS) is 21.4. The zero-order valence-corrected chi connectivity index (χ0v) is 35.4. The third-order valence-corrected chi connectivity index (χ3v) is 9.53. The topological polar surface area (TPSA) is 178 Å². The van der Waals surface area contributed by atoms with Crippen molar-refractivity contribution in [3.8, 4) is 0 Å². The maximum atomic E-state index is 12.8. The van der Waals surface area contributed by atoms with Crippen LogP contribution in [0, 0.1) is 0 Å². The van der Waals surface area contributed by atoms with Gasteiger partial charge in [0.1, 0.15) is 30.5 Å². The number of esters is 1. The van der Waals surface area contributed by atoms with Crippen LogP contribution in [0.3, 0.4) is 0 Å². The molecule has 1 aliphatic heterocycles. The van der Waals surface area contributed by atoms with Crippen LogP contribution < -0.4 is 0 Å². The smallest absolute Gasteiger partial charge is 0.397 e. The third kappa shape index (κ3) is 29.4. The minimum atomic E-state index is -5.07. The summed E-state index contributed by atoms with van der Waals surface area (Å²) in [5, 5.41) is 30.6. The van der Waals surface area contributed by atoms with Gasteiger partial charge in [-0.15, -0.1) is 0 Å². The second-order valence-corrected chi connectivity index (χ2v) is 15.2. The molecule has 0 aliphatic carbocycles. The molecule has 0 aromatic heterocycles. The Hall–Kier alpha value is -2.46. The van der Waals surface area contributed by atoms with Crippen LogP contribution in [0.1, 0.15) is 136 Å². The Morgan fingerprint density at radius 2 is 1.21 bits per heavy atom. The number of hydrogen-bond acceptors (Lipinski definition) is 11. The number of carbonyl (C=O) groups is 1. The van der Waals surface area contributed by atoms with Crippen LogP contribution >= 0.6 is 0 Å². The van der Waals surface area contributed by atoms with Gasteiger partial charge >= 0.3 is 16.4 Å². The minimum absolute atomic E-state index is 0.00758. The van der Waals surface area contributed by atoms with E-state index >= 15 is 0 Å². The summed E-state index contributed by atoms with van der Waals surface area (Å²) in [7, 11) is -5.07. The van der Waals surface area contributed by atoms with Gasteiger partial charge in [0.2, 0.25) is 0 Å². The lowest BCUT2D eigenvalue weighted by Crippen LogP contribution is -2.60. The summed E-state index contributed by atoms with van der Waals surface area (Å²) in [6.45, 7) is 3.73. The van der Waals surface area contributed by atoms with E-state index in [0.29, 0.717) is 13.0 Å². The second kappa shape index (κ2) is 35.5. The Labute approximate surface area is 343 Å². The second-order valence-electron chi connectivity index (χ2n) is 14.2. The lowest BCUT2D eigenvalue weighted by Gasteiger charge is -2.41. The molecule has 0 aromatic carbocycles. The Balaban J connectivity index is 2.51. The van der Waals surface area contributed by atoms with Gasteiger partial charge in [-0.05, 0) is 77.0 Å². The van der Waals surface area contributed by atoms with Gasteiger partial charge in [0.25, 0.3) is 0 Å². The minimum Gasteiger partial charge on any atom is -0.457 e. The molecule has 1 rings (SSSR count). The summed E-state index contributed by atoms with van der Waals surface area (Å²) < 4.78 is 58.9. The van der Waals surface area contributed by atoms with Gasteiger partial charge in [0.05, 0.1) is 19.8 Å². The summed E-state index contributed by atoms with van der Waals surface area (Å²) >= 11 is 0. The molecule has 13 heteroatoms. The summed E-state index contributed by atoms with van der Waals surface area (Å²) in [6.07, 6.45) is 35.1. The van der Waals surface area contributed by atoms with Crippen molar-refractivity contribution in [2.75, 3.05) is 26.4 Å². The highest BCUT2D eigenvalue weighted by atomic mass is 32.3. The maximum absolute atomic E-state index is 12.8. The van der Waals surface area contributed by atoms with Gasteiger partial charge in [0, 0.05) is 13.0 Å². The number of unbranched alkanes of at least 4 members (excludes halogenated alkanes) is 10. The van der Waals surface area contributed by atoms with E-state index in [2.05, 4.69) is 90.9 Å². The number of hydrogen-bond donors (Lipinski definition) is 4. The van der Waals surface area contributed by atoms with E-state index < -0.39 is 59.8 Å². The average Bonchev–Trinajstić information content (AvgIpc) is 3.18. The molecular formula is C44H74O12S. The lowest BCUT2D eigenvalue weighted by molar-refractivity contribution is -0.301. The van der Waals surface area contributed by atoms with E-state index in [0.717, 1.165) is 83.5 Å². The first-order valence-corrected chi connectivity index (χ1v) is 22.6. The standard InChI is InChI=1S/C44H74O12S/c1-3-5-7-9-11-13-15-17-19-21-23-25-27-29-31-33-40(46)54-38(37-53-44-42(48)43(56-57(49,50)51)41(47)39(35-45)55-44)36-52-34-32-30-28-26-24-22-20-18-16-14-12-10-8-6-4-2/h5,7,10-13,16-19,23,25,38-39,41-45,47-48H,3-4,6,8-9,14-15,20-22,24,26-37H2,1-2H3,(H,49,50,51)/b7-5-,12-10-,13-11-,18-16-,19-17-,25-23-.